The molecule has 0 rings (SSSR count). The molecule has 0 heterocycles. The van der Waals surface area contributed by atoms with Gasteiger partial charge in [0.05, 0.1) is 51.3 Å². The van der Waals surface area contributed by atoms with Crippen LogP contribution in [0.4, 0.5) is 0 Å². The summed E-state index contributed by atoms with van der Waals surface area (Å²) in [4.78, 5) is 72.0. The maximum Gasteiger partial charge on any atom is 2.00 e. The fraction of sp³-hybridized carbons (Fsp3) is 0.762. The Bertz CT molecular complexity index is 1120. The van der Waals surface area contributed by atoms with E-state index in [0.717, 1.165) is 25.7 Å². The number of hydrogen-bond acceptors (Lipinski definition) is 10. The molecule has 59 heavy (non-hydrogen) atoms. The van der Waals surface area contributed by atoms with E-state index in [-0.39, 0.29) is 150 Å². The Balaban J connectivity index is -0.00000105. The van der Waals surface area contributed by atoms with Crippen molar-refractivity contribution in [3.8, 4) is 0 Å². The van der Waals surface area contributed by atoms with Crippen molar-refractivity contribution in [2.75, 3.05) is 52.5 Å². The van der Waals surface area contributed by atoms with E-state index in [1.54, 1.807) is 12.2 Å². The molecule has 0 spiro atoms. The second kappa shape index (κ2) is 36.1. The van der Waals surface area contributed by atoms with Gasteiger partial charge in [-0.05, 0) is 25.7 Å². The molecule has 0 aromatic heterocycles. The maximum atomic E-state index is 12.0. The summed E-state index contributed by atoms with van der Waals surface area (Å²) in [5.41, 5.74) is 0. The zero-order valence-corrected chi connectivity index (χ0v) is 39.0. The van der Waals surface area contributed by atoms with E-state index in [4.69, 9.17) is 0 Å². The first-order valence-electron chi connectivity index (χ1n) is 21.3. The molecule has 0 bridgehead atoms. The molecule has 336 valence electrons. The molecule has 2 amide bonds. The van der Waals surface area contributed by atoms with Gasteiger partial charge in [0.1, 0.15) is 25.2 Å². The molecule has 0 fully saturated rings. The fourth-order valence-corrected chi connectivity index (χ4v) is 7.64. The summed E-state index contributed by atoms with van der Waals surface area (Å²) in [6, 6.07) is -4.13. The SMILES string of the molecule is CCC/C=C/CC(=O)NCC[N+](CCO)(C(CCC)C(=O)[O-])C(CCC)C(=O)O.CCC/C=C/CC(=O)NCC[N+](CCO)(C(CCC)C(=O)[O-])C(CCC)C(=O)O.[Ca+2]. The Kier molecular flexibility index (Phi) is 37.1. The Morgan fingerprint density at radius 3 is 1.05 bits per heavy atom. The van der Waals surface area contributed by atoms with Crippen LogP contribution in [0.25, 0.3) is 0 Å². The van der Waals surface area contributed by atoms with Crippen molar-refractivity contribution >= 4 is 73.4 Å². The Hall–Kier alpha value is -2.60. The van der Waals surface area contributed by atoms with Gasteiger partial charge in [-0.2, -0.15) is 0 Å². The number of allylic oxidation sites excluding steroid dienone is 2. The smallest absolute Gasteiger partial charge is 0.544 e. The zero-order valence-electron chi connectivity index (χ0n) is 36.8. The number of amides is 2. The largest absolute Gasteiger partial charge is 2.00 e. The summed E-state index contributed by atoms with van der Waals surface area (Å²) < 4.78 is -0.663. The molecule has 6 unspecified atom stereocenters. The van der Waals surface area contributed by atoms with Crippen LogP contribution in [0, 0.1) is 0 Å². The van der Waals surface area contributed by atoms with Crippen molar-refractivity contribution < 1.29 is 68.4 Å². The number of aliphatic carboxylic acids is 4. The molecule has 0 aromatic carbocycles. The second-order valence-electron chi connectivity index (χ2n) is 14.7. The number of unbranched alkanes of at least 4 members (excludes halogenated alkanes) is 2. The summed E-state index contributed by atoms with van der Waals surface area (Å²) in [7, 11) is 0. The number of aliphatic hydroxyl groups is 2. The van der Waals surface area contributed by atoms with Gasteiger partial charge in [0.25, 0.3) is 0 Å². The molecule has 0 saturated carbocycles. The number of quaternary nitrogens is 2. The molecular formula is C42H76CaN4O12+2. The fourth-order valence-electron chi connectivity index (χ4n) is 7.64. The van der Waals surface area contributed by atoms with Crippen molar-refractivity contribution in [1.29, 1.82) is 0 Å². The molecule has 0 aromatic rings. The Labute approximate surface area is 382 Å². The predicted molar refractivity (Wildman–Crippen MR) is 223 cm³/mol. The Morgan fingerprint density at radius 2 is 0.814 bits per heavy atom. The minimum absolute atomic E-state index is 0. The molecule has 0 aliphatic carbocycles. The van der Waals surface area contributed by atoms with Crippen molar-refractivity contribution in [1.82, 2.24) is 10.6 Å². The summed E-state index contributed by atoms with van der Waals surface area (Å²) in [5.74, 6) is -5.26. The van der Waals surface area contributed by atoms with Gasteiger partial charge in [-0.25, -0.2) is 9.59 Å². The molecule has 16 nitrogen and oxygen atoms in total. The number of aliphatic hydroxyl groups excluding tert-OH is 2. The summed E-state index contributed by atoms with van der Waals surface area (Å²) in [6.45, 7) is 11.1. The molecule has 6 N–H and O–H groups in total. The molecular weight excluding hydrogens is 793 g/mol. The maximum absolute atomic E-state index is 12.0. The number of nitrogens with one attached hydrogen (secondary N) is 2. The first-order valence-corrected chi connectivity index (χ1v) is 21.3. The van der Waals surface area contributed by atoms with E-state index >= 15 is 0 Å². The van der Waals surface area contributed by atoms with Gasteiger partial charge < -0.3 is 59.8 Å². The van der Waals surface area contributed by atoms with Gasteiger partial charge in [-0.3, -0.25) is 9.59 Å². The van der Waals surface area contributed by atoms with Crippen LogP contribution in [0.3, 0.4) is 0 Å². The minimum atomic E-state index is -1.32. The molecule has 17 heteroatoms. The van der Waals surface area contributed by atoms with E-state index in [2.05, 4.69) is 10.6 Å². The topological polar surface area (TPSA) is 254 Å². The molecule has 0 saturated heterocycles. The van der Waals surface area contributed by atoms with Crippen molar-refractivity contribution in [3.63, 3.8) is 0 Å². The number of carboxylic acid groups (broad SMARTS) is 4. The summed E-state index contributed by atoms with van der Waals surface area (Å²) in [6.07, 6.45) is 14.9. The zero-order chi connectivity index (χ0) is 44.6. The van der Waals surface area contributed by atoms with Gasteiger partial charge in [-0.1, -0.05) is 91.5 Å². The number of carbonyl (C=O) groups excluding carboxylic acids is 4. The molecule has 0 radical (unpaired) electrons. The van der Waals surface area contributed by atoms with Crippen molar-refractivity contribution in [2.24, 2.45) is 0 Å². The van der Waals surface area contributed by atoms with Crippen LogP contribution < -0.4 is 20.8 Å². The van der Waals surface area contributed by atoms with E-state index < -0.39 is 48.0 Å². The van der Waals surface area contributed by atoms with Crippen LogP contribution in [-0.4, -0.2) is 179 Å². The monoisotopic (exact) mass is 869 g/mol. The van der Waals surface area contributed by atoms with Crippen LogP contribution >= 0.6 is 0 Å². The average molecular weight is 869 g/mol. The van der Waals surface area contributed by atoms with Crippen LogP contribution in [0.1, 0.15) is 131 Å². The van der Waals surface area contributed by atoms with E-state index in [0.29, 0.717) is 25.7 Å². The minimum Gasteiger partial charge on any atom is -0.544 e. The van der Waals surface area contributed by atoms with E-state index in [1.807, 2.05) is 53.7 Å². The van der Waals surface area contributed by atoms with Gasteiger partial charge in [-0.15, -0.1) is 0 Å². The van der Waals surface area contributed by atoms with Crippen LogP contribution in [0.2, 0.25) is 0 Å². The van der Waals surface area contributed by atoms with Crippen LogP contribution in [0.15, 0.2) is 24.3 Å². The van der Waals surface area contributed by atoms with Crippen molar-refractivity contribution in [2.45, 2.75) is 156 Å². The number of carboxylic acids is 4. The van der Waals surface area contributed by atoms with E-state index in [9.17, 15) is 59.4 Å². The number of hydrogen-bond donors (Lipinski definition) is 6. The quantitative estimate of drug-likeness (QED) is 0.0304. The van der Waals surface area contributed by atoms with Gasteiger partial charge in [0.15, 0.2) is 12.1 Å². The third-order valence-corrected chi connectivity index (χ3v) is 10.4. The normalized spacial score (nSPS) is 15.3. The third-order valence-electron chi connectivity index (χ3n) is 10.4. The third kappa shape index (κ3) is 22.7. The summed E-state index contributed by atoms with van der Waals surface area (Å²) >= 11 is 0. The number of carbonyl (C=O) groups is 6. The average Bonchev–Trinajstić information content (AvgIpc) is 3.16. The predicted octanol–water partition coefficient (Wildman–Crippen LogP) is 1.28. The van der Waals surface area contributed by atoms with Gasteiger partial charge in [0.2, 0.25) is 11.8 Å². The Morgan fingerprint density at radius 1 is 0.508 bits per heavy atom. The summed E-state index contributed by atoms with van der Waals surface area (Å²) in [5, 5.41) is 68.4. The van der Waals surface area contributed by atoms with Gasteiger partial charge in [0, 0.05) is 38.5 Å². The van der Waals surface area contributed by atoms with Gasteiger partial charge >= 0.3 is 49.7 Å². The molecule has 0 aliphatic rings. The van der Waals surface area contributed by atoms with Crippen molar-refractivity contribution in [3.05, 3.63) is 24.3 Å². The number of rotatable bonds is 34. The standard InChI is InChI=1S/2C21H38N2O6.Ca/c2*1-4-7-8-9-12-19(25)22-13-14-23(15-16-24,17(10-5-2)20(26)27)18(11-6-3)21(28)29;/h2*8-9,17-18,24H,4-7,10-16H2,1-3H3,(H2-,22,25,26,27,28,29);/q;;+2/b2*9-8+;. The van der Waals surface area contributed by atoms with Crippen LogP contribution in [-0.2, 0) is 28.8 Å². The van der Waals surface area contributed by atoms with Crippen LogP contribution in [0.5, 0.6) is 0 Å². The van der Waals surface area contributed by atoms with E-state index in [1.165, 1.54) is 0 Å². The first-order chi connectivity index (χ1) is 27.6. The molecule has 0 aliphatic heterocycles. The first kappa shape index (κ1) is 60.7. The number of nitrogens with zero attached hydrogens (tertiary/aromatic N) is 2. The molecule has 6 atom stereocenters. The second-order valence-corrected chi connectivity index (χ2v) is 14.7.